The van der Waals surface area contributed by atoms with Crippen molar-refractivity contribution in [3.63, 3.8) is 0 Å². The molecule has 6 rings (SSSR count). The summed E-state index contributed by atoms with van der Waals surface area (Å²) in [7, 11) is 0. The highest BCUT2D eigenvalue weighted by Crippen LogP contribution is 2.77. The van der Waals surface area contributed by atoms with Crippen LogP contribution in [0.15, 0.2) is 36.4 Å². The lowest BCUT2D eigenvalue weighted by Gasteiger charge is -2.73. The maximum absolute atomic E-state index is 13.8. The highest BCUT2D eigenvalue weighted by atomic mass is 16.5. The summed E-state index contributed by atoms with van der Waals surface area (Å²) in [4.78, 5) is 26.9. The van der Waals surface area contributed by atoms with Crippen LogP contribution in [0.4, 0.5) is 0 Å². The number of esters is 1. The minimum absolute atomic E-state index is 0.0301. The Hall–Kier alpha value is -2.34. The molecule has 5 saturated carbocycles. The molecule has 11 unspecified atom stereocenters. The first-order valence-corrected chi connectivity index (χ1v) is 16.6. The first-order valence-electron chi connectivity index (χ1n) is 16.6. The van der Waals surface area contributed by atoms with E-state index in [1.807, 2.05) is 0 Å². The number of hydrogen-bond acceptors (Lipinski definition) is 5. The number of aromatic hydroxyl groups is 1. The van der Waals surface area contributed by atoms with Crippen molar-refractivity contribution in [1.82, 2.24) is 0 Å². The SMILES string of the molecule is C=C(C)C1CCC2(C(=O)O)CCC3(C)C(CCC4C5(C)CCC(O)C(C)(C)C5CC(OC(=O)c5ccc(O)cc5)C43C)C12. The number of rotatable bonds is 4. The van der Waals surface area contributed by atoms with E-state index in [-0.39, 0.29) is 69.1 Å². The largest absolute Gasteiger partial charge is 0.508 e. The van der Waals surface area contributed by atoms with Gasteiger partial charge in [-0.15, -0.1) is 0 Å². The van der Waals surface area contributed by atoms with Gasteiger partial charge in [-0.2, -0.15) is 0 Å². The van der Waals surface area contributed by atoms with Crippen molar-refractivity contribution in [2.24, 2.45) is 56.7 Å². The van der Waals surface area contributed by atoms with E-state index in [1.165, 1.54) is 12.1 Å². The molecule has 6 heteroatoms. The average molecular weight is 593 g/mol. The molecule has 0 radical (unpaired) electrons. The summed E-state index contributed by atoms with van der Waals surface area (Å²) in [6.45, 7) is 18.0. The van der Waals surface area contributed by atoms with Crippen LogP contribution in [0.3, 0.4) is 0 Å². The first kappa shape index (κ1) is 30.7. The average Bonchev–Trinajstić information content (AvgIpc) is 3.35. The number of ether oxygens (including phenoxy) is 1. The zero-order valence-electron chi connectivity index (χ0n) is 27.0. The second-order valence-electron chi connectivity index (χ2n) is 16.5. The molecule has 43 heavy (non-hydrogen) atoms. The molecule has 3 N–H and O–H groups in total. The lowest BCUT2D eigenvalue weighted by Crippen LogP contribution is -2.71. The summed E-state index contributed by atoms with van der Waals surface area (Å²) < 4.78 is 6.65. The van der Waals surface area contributed by atoms with Crippen LogP contribution in [-0.4, -0.2) is 39.5 Å². The van der Waals surface area contributed by atoms with E-state index in [0.29, 0.717) is 24.8 Å². The number of carboxylic acid groups (broad SMARTS) is 1. The molecule has 5 aliphatic rings. The van der Waals surface area contributed by atoms with E-state index >= 15 is 0 Å². The Balaban J connectivity index is 1.48. The van der Waals surface area contributed by atoms with Gasteiger partial charge in [0.1, 0.15) is 11.9 Å². The third-order valence-electron chi connectivity index (χ3n) is 14.9. The molecule has 5 aliphatic carbocycles. The number of phenols is 1. The molecule has 0 bridgehead atoms. The van der Waals surface area contributed by atoms with Gasteiger partial charge in [-0.1, -0.05) is 46.8 Å². The molecular weight excluding hydrogens is 540 g/mol. The number of fused-ring (bicyclic) bond motifs is 7. The lowest BCUT2D eigenvalue weighted by molar-refractivity contribution is -0.282. The number of aliphatic hydroxyl groups is 1. The summed E-state index contributed by atoms with van der Waals surface area (Å²) in [5.41, 5.74) is -0.163. The zero-order chi connectivity index (χ0) is 31.3. The number of phenolic OH excluding ortho intramolecular Hbond substituents is 1. The maximum Gasteiger partial charge on any atom is 0.338 e. The molecule has 0 aliphatic heterocycles. The van der Waals surface area contributed by atoms with E-state index in [0.717, 1.165) is 44.1 Å². The normalized spacial score (nSPS) is 46.4. The van der Waals surface area contributed by atoms with Gasteiger partial charge in [-0.05, 0) is 135 Å². The summed E-state index contributed by atoms with van der Waals surface area (Å²) in [5, 5.41) is 31.8. The molecule has 0 spiro atoms. The van der Waals surface area contributed by atoms with E-state index in [4.69, 9.17) is 4.74 Å². The van der Waals surface area contributed by atoms with Gasteiger partial charge in [0.2, 0.25) is 0 Å². The molecule has 5 fully saturated rings. The monoisotopic (exact) mass is 592 g/mol. The first-order chi connectivity index (χ1) is 20.0. The Bertz CT molecular complexity index is 1320. The fourth-order valence-electron chi connectivity index (χ4n) is 12.4. The quantitative estimate of drug-likeness (QED) is 0.245. The Kier molecular flexibility index (Phi) is 7.01. The fraction of sp³-hybridized carbons (Fsp3) is 0.730. The van der Waals surface area contributed by atoms with Crippen LogP contribution in [-0.2, 0) is 9.53 Å². The van der Waals surface area contributed by atoms with Crippen molar-refractivity contribution in [1.29, 1.82) is 0 Å². The van der Waals surface area contributed by atoms with Crippen LogP contribution in [0.5, 0.6) is 5.75 Å². The van der Waals surface area contributed by atoms with Crippen LogP contribution in [0.2, 0.25) is 0 Å². The summed E-state index contributed by atoms with van der Waals surface area (Å²) in [6, 6.07) is 6.26. The Morgan fingerprint density at radius 2 is 1.58 bits per heavy atom. The molecule has 6 nitrogen and oxygen atoms in total. The zero-order valence-corrected chi connectivity index (χ0v) is 27.0. The minimum atomic E-state index is -0.715. The third-order valence-corrected chi connectivity index (χ3v) is 14.9. The van der Waals surface area contributed by atoms with Gasteiger partial charge in [0.25, 0.3) is 0 Å². The maximum atomic E-state index is 13.8. The van der Waals surface area contributed by atoms with Crippen molar-refractivity contribution >= 4 is 11.9 Å². The smallest absolute Gasteiger partial charge is 0.338 e. The number of carboxylic acids is 1. The van der Waals surface area contributed by atoms with Gasteiger partial charge in [-0.25, -0.2) is 4.79 Å². The van der Waals surface area contributed by atoms with Crippen molar-refractivity contribution < 1.29 is 29.6 Å². The second kappa shape index (κ2) is 9.83. The van der Waals surface area contributed by atoms with Gasteiger partial charge in [0.05, 0.1) is 17.1 Å². The van der Waals surface area contributed by atoms with Crippen molar-refractivity contribution in [3.05, 3.63) is 42.0 Å². The summed E-state index contributed by atoms with van der Waals surface area (Å²) in [5.74, 6) is -0.0701. The number of aliphatic carboxylic acids is 1. The predicted octanol–water partition coefficient (Wildman–Crippen LogP) is 7.63. The summed E-state index contributed by atoms with van der Waals surface area (Å²) >= 11 is 0. The van der Waals surface area contributed by atoms with Crippen LogP contribution in [0.1, 0.15) is 110 Å². The van der Waals surface area contributed by atoms with E-state index in [9.17, 15) is 24.9 Å². The summed E-state index contributed by atoms with van der Waals surface area (Å²) in [6.07, 6.45) is 6.59. The Morgan fingerprint density at radius 3 is 2.21 bits per heavy atom. The Labute approximate surface area is 257 Å². The van der Waals surface area contributed by atoms with Gasteiger partial charge < -0.3 is 20.1 Å². The number of aliphatic hydroxyl groups excluding tert-OH is 1. The molecule has 11 atom stereocenters. The predicted molar refractivity (Wildman–Crippen MR) is 165 cm³/mol. The molecular formula is C37H52O6. The van der Waals surface area contributed by atoms with Crippen molar-refractivity contribution in [2.45, 2.75) is 112 Å². The van der Waals surface area contributed by atoms with Crippen LogP contribution in [0, 0.1) is 56.7 Å². The number of allylic oxidation sites excluding steroid dienone is 1. The van der Waals surface area contributed by atoms with Crippen molar-refractivity contribution in [3.8, 4) is 5.75 Å². The number of carbonyl (C=O) groups excluding carboxylic acids is 1. The molecule has 236 valence electrons. The second-order valence-corrected chi connectivity index (χ2v) is 16.5. The number of benzene rings is 1. The van der Waals surface area contributed by atoms with E-state index in [1.54, 1.807) is 12.1 Å². The molecule has 1 aromatic carbocycles. The van der Waals surface area contributed by atoms with E-state index in [2.05, 4.69) is 48.1 Å². The van der Waals surface area contributed by atoms with Gasteiger partial charge >= 0.3 is 11.9 Å². The third kappa shape index (κ3) is 3.99. The fourth-order valence-corrected chi connectivity index (χ4v) is 12.4. The standard InChI is InChI=1S/C37H52O6/c1-21(2)24-14-17-37(32(41)42)19-18-35(6)25(30(24)37)12-13-26-34(5)16-15-28(39)33(3,4)27(34)20-29(36(26,35)7)43-31(40)22-8-10-23(38)11-9-22/h8-11,24-30,38-39H,1,12-20H2,2-7H3,(H,41,42). The molecule has 1 aromatic rings. The van der Waals surface area contributed by atoms with Crippen LogP contribution < -0.4 is 0 Å². The highest BCUT2D eigenvalue weighted by Gasteiger charge is 2.75. The molecule has 0 saturated heterocycles. The van der Waals surface area contributed by atoms with Crippen LogP contribution in [0.25, 0.3) is 0 Å². The highest BCUT2D eigenvalue weighted by molar-refractivity contribution is 5.89. The minimum Gasteiger partial charge on any atom is -0.508 e. The van der Waals surface area contributed by atoms with Gasteiger partial charge in [0.15, 0.2) is 0 Å². The van der Waals surface area contributed by atoms with Gasteiger partial charge in [0, 0.05) is 5.41 Å². The molecule has 0 heterocycles. The topological polar surface area (TPSA) is 104 Å². The van der Waals surface area contributed by atoms with Gasteiger partial charge in [-0.3, -0.25) is 4.79 Å². The Morgan fingerprint density at radius 1 is 0.907 bits per heavy atom. The number of carbonyl (C=O) groups is 2. The molecule has 0 amide bonds. The number of hydrogen-bond donors (Lipinski definition) is 3. The lowest BCUT2D eigenvalue weighted by atomic mass is 9.31. The van der Waals surface area contributed by atoms with Crippen molar-refractivity contribution in [2.75, 3.05) is 0 Å². The van der Waals surface area contributed by atoms with Crippen LogP contribution >= 0.6 is 0 Å². The van der Waals surface area contributed by atoms with E-state index < -0.39 is 17.5 Å². The molecule has 0 aromatic heterocycles.